The highest BCUT2D eigenvalue weighted by molar-refractivity contribution is 7.16. The van der Waals surface area contributed by atoms with Gasteiger partial charge in [0.05, 0.1) is 10.2 Å². The van der Waals surface area contributed by atoms with Crippen LogP contribution in [0.15, 0.2) is 29.1 Å². The second-order valence-electron chi connectivity index (χ2n) is 3.55. The number of urea groups is 1. The number of carbonyl (C=O) groups is 2. The number of fused-ring (bicyclic) bond motifs is 1. The van der Waals surface area contributed by atoms with Crippen LogP contribution >= 0.6 is 11.3 Å². The summed E-state index contributed by atoms with van der Waals surface area (Å²) in [7, 11) is 1.41. The smallest absolute Gasteiger partial charge is 0.321 e. The number of aromatic nitrogens is 1. The molecule has 2 aromatic rings. The highest BCUT2D eigenvalue weighted by Crippen LogP contribution is 2.15. The highest BCUT2D eigenvalue weighted by Gasteiger charge is 2.12. The van der Waals surface area contributed by atoms with Crippen molar-refractivity contribution >= 4 is 33.5 Å². The Bertz CT molecular complexity index is 659. The number of hydrogen-bond acceptors (Lipinski definition) is 4. The molecule has 6 nitrogen and oxygen atoms in total. The van der Waals surface area contributed by atoms with Gasteiger partial charge in [-0.15, -0.1) is 0 Å². The number of para-hydroxylation sites is 1. The molecule has 0 saturated carbocycles. The van der Waals surface area contributed by atoms with Gasteiger partial charge in [0.15, 0.2) is 0 Å². The predicted molar refractivity (Wildman–Crippen MR) is 68.7 cm³/mol. The molecule has 0 radical (unpaired) electrons. The zero-order valence-electron chi connectivity index (χ0n) is 9.60. The monoisotopic (exact) mass is 265 g/mol. The van der Waals surface area contributed by atoms with E-state index in [0.717, 1.165) is 16.0 Å². The number of nitrogens with one attached hydrogen (secondary N) is 2. The molecule has 94 valence electrons. The van der Waals surface area contributed by atoms with Crippen molar-refractivity contribution in [2.24, 2.45) is 0 Å². The maximum atomic E-state index is 11.7. The maximum absolute atomic E-state index is 11.7. The minimum atomic E-state index is -0.590. The van der Waals surface area contributed by atoms with Crippen molar-refractivity contribution in [2.75, 3.05) is 7.05 Å². The van der Waals surface area contributed by atoms with Gasteiger partial charge in [0.1, 0.15) is 6.54 Å². The average Bonchev–Trinajstić information content (AvgIpc) is 2.66. The minimum Gasteiger partial charge on any atom is -0.341 e. The Balaban J connectivity index is 2.26. The maximum Gasteiger partial charge on any atom is 0.321 e. The van der Waals surface area contributed by atoms with Gasteiger partial charge in [0.25, 0.3) is 0 Å². The summed E-state index contributed by atoms with van der Waals surface area (Å²) >= 11 is 1.07. The molecule has 0 bridgehead atoms. The van der Waals surface area contributed by atoms with Crippen molar-refractivity contribution in [1.29, 1.82) is 0 Å². The van der Waals surface area contributed by atoms with E-state index in [1.165, 1.54) is 11.6 Å². The van der Waals surface area contributed by atoms with Gasteiger partial charge in [-0.05, 0) is 12.1 Å². The van der Waals surface area contributed by atoms with Crippen LogP contribution in [0.4, 0.5) is 4.79 Å². The lowest BCUT2D eigenvalue weighted by molar-refractivity contribution is -0.120. The zero-order chi connectivity index (χ0) is 13.1. The molecular formula is C11H11N3O3S. The zero-order valence-corrected chi connectivity index (χ0v) is 10.4. The Morgan fingerprint density at radius 2 is 2.06 bits per heavy atom. The molecule has 0 atom stereocenters. The molecule has 1 aromatic carbocycles. The molecule has 0 spiro atoms. The Hall–Kier alpha value is -2.15. The Labute approximate surface area is 106 Å². The van der Waals surface area contributed by atoms with E-state index >= 15 is 0 Å². The predicted octanol–water partition coefficient (Wildman–Crippen LogP) is 0.519. The van der Waals surface area contributed by atoms with E-state index in [0.29, 0.717) is 5.52 Å². The molecule has 2 rings (SSSR count). The minimum absolute atomic E-state index is 0.170. The van der Waals surface area contributed by atoms with Crippen LogP contribution in [0.25, 0.3) is 10.2 Å². The van der Waals surface area contributed by atoms with E-state index < -0.39 is 11.9 Å². The van der Waals surface area contributed by atoms with E-state index in [9.17, 15) is 14.4 Å². The SMILES string of the molecule is CNC(=O)NC(=O)Cn1c(=O)sc2ccccc21. The lowest BCUT2D eigenvalue weighted by Crippen LogP contribution is -2.40. The Morgan fingerprint density at radius 3 is 2.78 bits per heavy atom. The molecule has 0 fully saturated rings. The third-order valence-electron chi connectivity index (χ3n) is 2.36. The molecule has 0 aliphatic rings. The van der Waals surface area contributed by atoms with Gasteiger partial charge in [-0.1, -0.05) is 23.5 Å². The van der Waals surface area contributed by atoms with E-state index in [-0.39, 0.29) is 11.4 Å². The van der Waals surface area contributed by atoms with Crippen LogP contribution in [0.1, 0.15) is 0 Å². The second-order valence-corrected chi connectivity index (χ2v) is 4.54. The second kappa shape index (κ2) is 5.01. The lowest BCUT2D eigenvalue weighted by atomic mass is 10.3. The van der Waals surface area contributed by atoms with Gasteiger partial charge < -0.3 is 5.32 Å². The van der Waals surface area contributed by atoms with E-state index in [4.69, 9.17) is 0 Å². The number of imide groups is 1. The van der Waals surface area contributed by atoms with Crippen LogP contribution in [-0.4, -0.2) is 23.6 Å². The summed E-state index contributed by atoms with van der Waals surface area (Å²) in [5.74, 6) is -0.528. The van der Waals surface area contributed by atoms with Gasteiger partial charge in [-0.2, -0.15) is 0 Å². The first-order chi connectivity index (χ1) is 8.61. The molecule has 1 heterocycles. The van der Waals surface area contributed by atoms with Crippen molar-refractivity contribution in [3.8, 4) is 0 Å². The van der Waals surface area contributed by atoms with Crippen LogP contribution in [0.2, 0.25) is 0 Å². The fourth-order valence-electron chi connectivity index (χ4n) is 1.54. The first-order valence-electron chi connectivity index (χ1n) is 5.21. The van der Waals surface area contributed by atoms with Crippen LogP contribution in [0.5, 0.6) is 0 Å². The number of hydrogen-bond donors (Lipinski definition) is 2. The van der Waals surface area contributed by atoms with E-state index in [1.807, 2.05) is 12.1 Å². The normalized spacial score (nSPS) is 10.3. The molecule has 2 N–H and O–H groups in total. The summed E-state index contributed by atoms with van der Waals surface area (Å²) < 4.78 is 2.16. The fourth-order valence-corrected chi connectivity index (χ4v) is 2.43. The van der Waals surface area contributed by atoms with Gasteiger partial charge in [0, 0.05) is 7.05 Å². The molecule has 0 unspecified atom stereocenters. The van der Waals surface area contributed by atoms with Crippen LogP contribution < -0.4 is 15.5 Å². The summed E-state index contributed by atoms with van der Waals surface area (Å²) in [5.41, 5.74) is 0.694. The third-order valence-corrected chi connectivity index (χ3v) is 3.32. The first kappa shape index (κ1) is 12.3. The summed E-state index contributed by atoms with van der Waals surface area (Å²) in [6.45, 7) is -0.170. The van der Waals surface area contributed by atoms with Gasteiger partial charge in [-0.3, -0.25) is 19.5 Å². The number of nitrogens with zero attached hydrogens (tertiary/aromatic N) is 1. The van der Waals surface area contributed by atoms with Crippen molar-refractivity contribution in [1.82, 2.24) is 15.2 Å². The summed E-state index contributed by atoms with van der Waals surface area (Å²) in [6.07, 6.45) is 0. The Kier molecular flexibility index (Phi) is 3.42. The van der Waals surface area contributed by atoms with Gasteiger partial charge >= 0.3 is 10.9 Å². The molecule has 1 aromatic heterocycles. The van der Waals surface area contributed by atoms with E-state index in [2.05, 4.69) is 10.6 Å². The van der Waals surface area contributed by atoms with Crippen molar-refractivity contribution in [2.45, 2.75) is 6.54 Å². The largest absolute Gasteiger partial charge is 0.341 e. The highest BCUT2D eigenvalue weighted by atomic mass is 32.1. The van der Waals surface area contributed by atoms with Crippen molar-refractivity contribution < 1.29 is 9.59 Å². The van der Waals surface area contributed by atoms with Crippen molar-refractivity contribution in [3.05, 3.63) is 33.9 Å². The van der Waals surface area contributed by atoms with Gasteiger partial charge in [0.2, 0.25) is 5.91 Å². The van der Waals surface area contributed by atoms with Gasteiger partial charge in [-0.25, -0.2) is 4.79 Å². The quantitative estimate of drug-likeness (QED) is 0.830. The van der Waals surface area contributed by atoms with Crippen LogP contribution in [0, 0.1) is 0 Å². The summed E-state index contributed by atoms with van der Waals surface area (Å²) in [6, 6.07) is 6.61. The standard InChI is InChI=1S/C11H11N3O3S/c1-12-10(16)13-9(15)6-14-7-4-2-3-5-8(7)18-11(14)17/h2-5H,6H2,1H3,(H2,12,13,15,16). The first-order valence-corrected chi connectivity index (χ1v) is 6.03. The number of benzene rings is 1. The fraction of sp³-hybridized carbons (Fsp3) is 0.182. The van der Waals surface area contributed by atoms with E-state index in [1.54, 1.807) is 12.1 Å². The topological polar surface area (TPSA) is 80.2 Å². The summed E-state index contributed by atoms with van der Waals surface area (Å²) in [5, 5.41) is 4.39. The summed E-state index contributed by atoms with van der Waals surface area (Å²) in [4.78, 5) is 34.0. The molecular weight excluding hydrogens is 254 g/mol. The molecule has 3 amide bonds. The molecule has 0 aliphatic heterocycles. The number of thiazole rings is 1. The lowest BCUT2D eigenvalue weighted by Gasteiger charge is -2.04. The molecule has 18 heavy (non-hydrogen) atoms. The number of carbonyl (C=O) groups excluding carboxylic acids is 2. The van der Waals surface area contributed by atoms with Crippen LogP contribution in [-0.2, 0) is 11.3 Å². The number of amides is 3. The molecule has 0 aliphatic carbocycles. The molecule has 0 saturated heterocycles. The third kappa shape index (κ3) is 2.40. The Morgan fingerprint density at radius 1 is 1.33 bits per heavy atom. The number of rotatable bonds is 2. The van der Waals surface area contributed by atoms with Crippen LogP contribution in [0.3, 0.4) is 0 Å². The van der Waals surface area contributed by atoms with Crippen molar-refractivity contribution in [3.63, 3.8) is 0 Å². The molecule has 7 heteroatoms. The average molecular weight is 265 g/mol.